The third-order valence-electron chi connectivity index (χ3n) is 5.51. The van der Waals surface area contributed by atoms with Crippen molar-refractivity contribution < 1.29 is 9.53 Å². The van der Waals surface area contributed by atoms with Gasteiger partial charge in [-0.05, 0) is 72.3 Å². The van der Waals surface area contributed by atoms with Crippen LogP contribution in [-0.2, 0) is 0 Å². The van der Waals surface area contributed by atoms with E-state index >= 15 is 0 Å². The van der Waals surface area contributed by atoms with Crippen LogP contribution in [0.15, 0.2) is 54.9 Å². The topological polar surface area (TPSA) is 85.2 Å². The molecule has 1 saturated heterocycles. The number of nitrogens with one attached hydrogen (secondary N) is 1. The number of likely N-dealkylation sites (tertiary alicyclic amines) is 1. The van der Waals surface area contributed by atoms with E-state index in [1.165, 1.54) is 35.8 Å². The molecule has 3 aromatic rings. The number of benzene rings is 2. The Morgan fingerprint density at radius 1 is 1.13 bits per heavy atom. The lowest BCUT2D eigenvalue weighted by Crippen LogP contribution is -2.40. The molecule has 1 amide bonds. The molecule has 0 aliphatic carbocycles. The molecule has 1 aromatic heterocycles. The normalized spacial score (nSPS) is 15.5. The molecule has 1 atom stereocenters. The highest BCUT2D eigenvalue weighted by Crippen LogP contribution is 2.26. The third-order valence-corrected chi connectivity index (χ3v) is 5.51. The zero-order valence-corrected chi connectivity index (χ0v) is 17.1. The predicted molar refractivity (Wildman–Crippen MR) is 113 cm³/mol. The van der Waals surface area contributed by atoms with Gasteiger partial charge in [-0.3, -0.25) is 9.69 Å². The lowest BCUT2D eigenvalue weighted by Gasteiger charge is -2.35. The molecule has 0 spiro atoms. The van der Waals surface area contributed by atoms with Crippen LogP contribution < -0.4 is 10.1 Å². The van der Waals surface area contributed by atoms with Crippen molar-refractivity contribution >= 4 is 5.91 Å². The van der Waals surface area contributed by atoms with Gasteiger partial charge < -0.3 is 10.1 Å². The van der Waals surface area contributed by atoms with Gasteiger partial charge in [0.2, 0.25) is 0 Å². The van der Waals surface area contributed by atoms with Crippen LogP contribution >= 0.6 is 0 Å². The van der Waals surface area contributed by atoms with Crippen molar-refractivity contribution in [3.05, 3.63) is 66.0 Å². The zero-order valence-electron chi connectivity index (χ0n) is 17.1. The van der Waals surface area contributed by atoms with Gasteiger partial charge in [0.1, 0.15) is 12.1 Å². The SMILES string of the molecule is COc1ccc([C@@H](CNC(=O)c2cccc(-n3cnnn3)c2)N2CCCCC2)cc1. The average Bonchev–Trinajstić information content (AvgIpc) is 3.35. The van der Waals surface area contributed by atoms with E-state index in [-0.39, 0.29) is 11.9 Å². The molecule has 0 unspecified atom stereocenters. The van der Waals surface area contributed by atoms with E-state index in [1.807, 2.05) is 24.3 Å². The first kappa shape index (κ1) is 20.0. The summed E-state index contributed by atoms with van der Waals surface area (Å²) in [5, 5.41) is 14.3. The molecule has 0 bridgehead atoms. The van der Waals surface area contributed by atoms with Crippen LogP contribution in [0.1, 0.15) is 41.2 Å². The van der Waals surface area contributed by atoms with E-state index in [9.17, 15) is 4.79 Å². The first-order valence-corrected chi connectivity index (χ1v) is 10.2. The van der Waals surface area contributed by atoms with E-state index in [1.54, 1.807) is 19.2 Å². The molecule has 8 nitrogen and oxygen atoms in total. The Hall–Kier alpha value is -3.26. The minimum Gasteiger partial charge on any atom is -0.497 e. The Kier molecular flexibility index (Phi) is 6.34. The molecule has 1 aliphatic heterocycles. The summed E-state index contributed by atoms with van der Waals surface area (Å²) in [6.07, 6.45) is 5.15. The largest absolute Gasteiger partial charge is 0.497 e. The number of carbonyl (C=O) groups excluding carboxylic acids is 1. The second-order valence-electron chi connectivity index (χ2n) is 7.40. The summed E-state index contributed by atoms with van der Waals surface area (Å²) in [5.41, 5.74) is 2.51. The minimum atomic E-state index is -0.111. The smallest absolute Gasteiger partial charge is 0.251 e. The Labute approximate surface area is 175 Å². The summed E-state index contributed by atoms with van der Waals surface area (Å²) in [4.78, 5) is 15.3. The highest BCUT2D eigenvalue weighted by Gasteiger charge is 2.23. The van der Waals surface area contributed by atoms with Crippen LogP contribution in [0, 0.1) is 0 Å². The van der Waals surface area contributed by atoms with Gasteiger partial charge in [-0.25, -0.2) is 4.68 Å². The standard InChI is InChI=1S/C22H26N6O2/c1-30-20-10-8-17(9-11-20)21(27-12-3-2-4-13-27)15-23-22(29)18-6-5-7-19(14-18)28-16-24-25-26-28/h5-11,14,16,21H,2-4,12-13,15H2,1H3,(H,23,29)/t21-/m1/s1. The first-order chi connectivity index (χ1) is 14.7. The Morgan fingerprint density at radius 3 is 2.63 bits per heavy atom. The zero-order chi connectivity index (χ0) is 20.8. The lowest BCUT2D eigenvalue weighted by molar-refractivity contribution is 0.0924. The van der Waals surface area contributed by atoms with E-state index < -0.39 is 0 Å². The molecular weight excluding hydrogens is 380 g/mol. The minimum absolute atomic E-state index is 0.111. The quantitative estimate of drug-likeness (QED) is 0.649. The fraction of sp³-hybridized carbons (Fsp3) is 0.364. The maximum absolute atomic E-state index is 12.9. The second kappa shape index (κ2) is 9.49. The first-order valence-electron chi connectivity index (χ1n) is 10.2. The monoisotopic (exact) mass is 406 g/mol. The number of hydrogen-bond acceptors (Lipinski definition) is 6. The van der Waals surface area contributed by atoms with E-state index in [0.717, 1.165) is 24.5 Å². The van der Waals surface area contributed by atoms with Gasteiger partial charge in [-0.2, -0.15) is 0 Å². The Bertz CT molecular complexity index is 952. The molecule has 1 aliphatic rings. The summed E-state index contributed by atoms with van der Waals surface area (Å²) in [6.45, 7) is 2.63. The number of methoxy groups -OCH3 is 1. The van der Waals surface area contributed by atoms with Gasteiger partial charge in [0, 0.05) is 12.1 Å². The number of carbonyl (C=O) groups is 1. The molecule has 8 heteroatoms. The van der Waals surface area contributed by atoms with Crippen LogP contribution in [0.2, 0.25) is 0 Å². The van der Waals surface area contributed by atoms with Crippen molar-refractivity contribution in [3.63, 3.8) is 0 Å². The highest BCUT2D eigenvalue weighted by atomic mass is 16.5. The van der Waals surface area contributed by atoms with E-state index in [2.05, 4.69) is 37.9 Å². The van der Waals surface area contributed by atoms with Crippen molar-refractivity contribution in [2.75, 3.05) is 26.7 Å². The molecule has 2 aromatic carbocycles. The van der Waals surface area contributed by atoms with Gasteiger partial charge in [0.25, 0.3) is 5.91 Å². The molecule has 1 N–H and O–H groups in total. The summed E-state index contributed by atoms with van der Waals surface area (Å²) < 4.78 is 6.83. The number of aromatic nitrogens is 4. The van der Waals surface area contributed by atoms with Crippen molar-refractivity contribution in [3.8, 4) is 11.4 Å². The van der Waals surface area contributed by atoms with E-state index in [0.29, 0.717) is 12.1 Å². The van der Waals surface area contributed by atoms with Gasteiger partial charge in [0.15, 0.2) is 0 Å². The number of piperidine rings is 1. The summed E-state index contributed by atoms with van der Waals surface area (Å²) >= 11 is 0. The Morgan fingerprint density at radius 2 is 1.93 bits per heavy atom. The fourth-order valence-electron chi connectivity index (χ4n) is 3.87. The molecule has 0 radical (unpaired) electrons. The van der Waals surface area contributed by atoms with Crippen LogP contribution in [0.25, 0.3) is 5.69 Å². The highest BCUT2D eigenvalue weighted by molar-refractivity contribution is 5.94. The second-order valence-corrected chi connectivity index (χ2v) is 7.40. The lowest BCUT2D eigenvalue weighted by atomic mass is 10.0. The van der Waals surface area contributed by atoms with Crippen LogP contribution in [0.4, 0.5) is 0 Å². The van der Waals surface area contributed by atoms with Gasteiger partial charge in [-0.15, -0.1) is 5.10 Å². The van der Waals surface area contributed by atoms with Gasteiger partial charge >= 0.3 is 0 Å². The number of amides is 1. The maximum Gasteiger partial charge on any atom is 0.251 e. The van der Waals surface area contributed by atoms with Crippen LogP contribution in [0.3, 0.4) is 0 Å². The van der Waals surface area contributed by atoms with Gasteiger partial charge in [0.05, 0.1) is 18.8 Å². The fourth-order valence-corrected chi connectivity index (χ4v) is 3.87. The summed E-state index contributed by atoms with van der Waals surface area (Å²) in [7, 11) is 1.67. The predicted octanol–water partition coefficient (Wildman–Crippen LogP) is 2.63. The average molecular weight is 406 g/mol. The van der Waals surface area contributed by atoms with E-state index in [4.69, 9.17) is 4.74 Å². The number of hydrogen-bond donors (Lipinski definition) is 1. The number of tetrazole rings is 1. The molecule has 0 saturated carbocycles. The van der Waals surface area contributed by atoms with Crippen molar-refractivity contribution in [2.45, 2.75) is 25.3 Å². The molecule has 2 heterocycles. The molecule has 30 heavy (non-hydrogen) atoms. The van der Waals surface area contributed by atoms with Crippen molar-refractivity contribution in [1.29, 1.82) is 0 Å². The Balaban J connectivity index is 1.48. The third kappa shape index (κ3) is 4.65. The van der Waals surface area contributed by atoms with Crippen LogP contribution in [-0.4, -0.2) is 57.8 Å². The molecular formula is C22H26N6O2. The van der Waals surface area contributed by atoms with Gasteiger partial charge in [-0.1, -0.05) is 24.6 Å². The maximum atomic E-state index is 12.9. The molecule has 1 fully saturated rings. The van der Waals surface area contributed by atoms with Crippen LogP contribution in [0.5, 0.6) is 5.75 Å². The van der Waals surface area contributed by atoms with Crippen molar-refractivity contribution in [2.24, 2.45) is 0 Å². The van der Waals surface area contributed by atoms with Crippen molar-refractivity contribution in [1.82, 2.24) is 30.4 Å². The molecule has 156 valence electrons. The number of ether oxygens (including phenoxy) is 1. The number of rotatable bonds is 7. The summed E-state index contributed by atoms with van der Waals surface area (Å²) in [6, 6.07) is 15.5. The summed E-state index contributed by atoms with van der Waals surface area (Å²) in [5.74, 6) is 0.722. The number of nitrogens with zero attached hydrogens (tertiary/aromatic N) is 5. The molecule has 4 rings (SSSR count).